The predicted molar refractivity (Wildman–Crippen MR) is 109 cm³/mol. The number of rotatable bonds is 4. The topological polar surface area (TPSA) is 65.4 Å². The molecule has 0 radical (unpaired) electrons. The van der Waals surface area contributed by atoms with Crippen LogP contribution in [0.2, 0.25) is 0 Å². The van der Waals surface area contributed by atoms with Crippen LogP contribution in [0.25, 0.3) is 16.9 Å². The minimum absolute atomic E-state index is 0.604. The summed E-state index contributed by atoms with van der Waals surface area (Å²) in [5.74, 6) is 0.604. The van der Waals surface area contributed by atoms with E-state index in [-0.39, 0.29) is 0 Å². The first-order valence-electron chi connectivity index (χ1n) is 8.61. The number of fused-ring (bicyclic) bond motifs is 1. The van der Waals surface area contributed by atoms with Crippen LogP contribution < -0.4 is 10.5 Å². The fourth-order valence-corrected chi connectivity index (χ4v) is 3.93. The third kappa shape index (κ3) is 3.13. The zero-order valence-corrected chi connectivity index (χ0v) is 16.2. The summed E-state index contributed by atoms with van der Waals surface area (Å²) in [7, 11) is 1.64. The first-order valence-corrected chi connectivity index (χ1v) is 9.43. The van der Waals surface area contributed by atoms with Crippen LogP contribution in [0, 0.1) is 13.8 Å². The Kier molecular flexibility index (Phi) is 4.49. The fourth-order valence-electron chi connectivity index (χ4n) is 2.92. The van der Waals surface area contributed by atoms with E-state index in [1.54, 1.807) is 23.4 Å². The van der Waals surface area contributed by atoms with Crippen molar-refractivity contribution in [2.24, 2.45) is 0 Å². The maximum absolute atomic E-state index is 6.38. The van der Waals surface area contributed by atoms with Crippen LogP contribution >= 0.6 is 11.8 Å². The quantitative estimate of drug-likeness (QED) is 0.556. The molecule has 4 aromatic rings. The maximum Gasteiger partial charge on any atom is 0.243 e. The molecule has 0 bridgehead atoms. The Morgan fingerprint density at radius 2 is 1.70 bits per heavy atom. The molecule has 0 amide bonds. The molecule has 0 fully saturated rings. The van der Waals surface area contributed by atoms with Gasteiger partial charge in [-0.25, -0.2) is 4.98 Å². The number of methoxy groups -OCH3 is 1. The van der Waals surface area contributed by atoms with E-state index < -0.39 is 0 Å². The van der Waals surface area contributed by atoms with E-state index in [1.807, 2.05) is 37.3 Å². The zero-order valence-electron chi connectivity index (χ0n) is 15.4. The van der Waals surface area contributed by atoms with Gasteiger partial charge in [-0.15, -0.1) is 0 Å². The van der Waals surface area contributed by atoms with E-state index in [0.29, 0.717) is 17.2 Å². The van der Waals surface area contributed by atoms with Gasteiger partial charge in [0.25, 0.3) is 0 Å². The molecule has 0 saturated carbocycles. The molecule has 0 aliphatic heterocycles. The fraction of sp³-hybridized carbons (Fsp3) is 0.143. The average molecular weight is 376 g/mol. The largest absolute Gasteiger partial charge is 0.479 e. The van der Waals surface area contributed by atoms with Crippen LogP contribution in [-0.2, 0) is 0 Å². The Morgan fingerprint density at radius 3 is 2.37 bits per heavy atom. The molecule has 0 unspecified atom stereocenters. The number of aryl methyl sites for hydroxylation is 2. The molecular formula is C21H20N4OS. The molecule has 2 aromatic heterocycles. The smallest absolute Gasteiger partial charge is 0.243 e. The van der Waals surface area contributed by atoms with Gasteiger partial charge in [-0.1, -0.05) is 59.8 Å². The monoisotopic (exact) mass is 376 g/mol. The van der Waals surface area contributed by atoms with Gasteiger partial charge in [0.1, 0.15) is 5.69 Å². The Morgan fingerprint density at radius 1 is 1.00 bits per heavy atom. The van der Waals surface area contributed by atoms with E-state index in [2.05, 4.69) is 36.3 Å². The van der Waals surface area contributed by atoms with Gasteiger partial charge in [0.2, 0.25) is 5.88 Å². The van der Waals surface area contributed by atoms with Crippen molar-refractivity contribution in [2.75, 3.05) is 12.8 Å². The Labute approximate surface area is 162 Å². The normalized spacial score (nSPS) is 11.1. The molecule has 0 aliphatic carbocycles. The van der Waals surface area contributed by atoms with Gasteiger partial charge >= 0.3 is 0 Å². The average Bonchev–Trinajstić information content (AvgIpc) is 3.05. The molecule has 5 nitrogen and oxygen atoms in total. The highest BCUT2D eigenvalue weighted by Gasteiger charge is 2.21. The van der Waals surface area contributed by atoms with Gasteiger partial charge in [-0.3, -0.25) is 0 Å². The number of hydrogen-bond donors (Lipinski definition) is 1. The number of nitrogens with two attached hydrogens (primary N) is 1. The molecule has 2 heterocycles. The summed E-state index contributed by atoms with van der Waals surface area (Å²) in [5, 5.41) is 4.60. The number of nitrogen functional groups attached to an aromatic ring is 1. The summed E-state index contributed by atoms with van der Waals surface area (Å²) < 4.78 is 7.41. The number of ether oxygens (including phenoxy) is 1. The SMILES string of the molecule is COc1c(-c2ccc(C)cc2)nc2c(Sc3ccccc3)c(N)c(C)nn12. The van der Waals surface area contributed by atoms with Gasteiger partial charge < -0.3 is 10.5 Å². The van der Waals surface area contributed by atoms with Crippen molar-refractivity contribution < 1.29 is 4.74 Å². The molecule has 0 atom stereocenters. The van der Waals surface area contributed by atoms with Crippen molar-refractivity contribution in [2.45, 2.75) is 23.6 Å². The highest BCUT2D eigenvalue weighted by molar-refractivity contribution is 7.99. The summed E-state index contributed by atoms with van der Waals surface area (Å²) in [6.45, 7) is 3.96. The van der Waals surface area contributed by atoms with Crippen molar-refractivity contribution in [3.63, 3.8) is 0 Å². The first-order chi connectivity index (χ1) is 13.1. The highest BCUT2D eigenvalue weighted by Crippen LogP contribution is 2.39. The molecule has 2 aromatic carbocycles. The minimum atomic E-state index is 0.604. The summed E-state index contributed by atoms with van der Waals surface area (Å²) in [4.78, 5) is 6.83. The van der Waals surface area contributed by atoms with Crippen LogP contribution in [0.1, 0.15) is 11.3 Å². The van der Waals surface area contributed by atoms with E-state index in [9.17, 15) is 0 Å². The van der Waals surface area contributed by atoms with E-state index in [0.717, 1.165) is 26.7 Å². The number of aromatic nitrogens is 3. The summed E-state index contributed by atoms with van der Waals surface area (Å²) >= 11 is 1.58. The molecule has 0 aliphatic rings. The molecule has 0 saturated heterocycles. The van der Waals surface area contributed by atoms with Crippen molar-refractivity contribution in [3.05, 3.63) is 65.9 Å². The number of hydrogen-bond acceptors (Lipinski definition) is 5. The first kappa shape index (κ1) is 17.4. The lowest BCUT2D eigenvalue weighted by atomic mass is 10.1. The van der Waals surface area contributed by atoms with Crippen LogP contribution in [0.5, 0.6) is 5.88 Å². The number of benzene rings is 2. The second-order valence-electron chi connectivity index (χ2n) is 6.31. The Hall–Kier alpha value is -2.99. The van der Waals surface area contributed by atoms with Crippen molar-refractivity contribution in [3.8, 4) is 17.1 Å². The number of imidazole rings is 1. The summed E-state index contributed by atoms with van der Waals surface area (Å²) in [5.41, 5.74) is 11.4. The lowest BCUT2D eigenvalue weighted by Gasteiger charge is -2.10. The standard InChI is InChI=1S/C21H20N4OS/c1-13-9-11-15(12-10-13)18-21(26-3)25-20(23-18)19(17(22)14(2)24-25)27-16-7-5-4-6-8-16/h4-12H,22H2,1-3H3. The molecule has 6 heteroatoms. The zero-order chi connectivity index (χ0) is 19.0. The third-order valence-electron chi connectivity index (χ3n) is 4.38. The van der Waals surface area contributed by atoms with Crippen molar-refractivity contribution >= 4 is 23.1 Å². The third-order valence-corrected chi connectivity index (χ3v) is 5.50. The van der Waals surface area contributed by atoms with Gasteiger partial charge in [-0.2, -0.15) is 9.61 Å². The lowest BCUT2D eigenvalue weighted by Crippen LogP contribution is -2.04. The van der Waals surface area contributed by atoms with E-state index >= 15 is 0 Å². The Balaban J connectivity index is 1.95. The molecule has 4 rings (SSSR count). The van der Waals surface area contributed by atoms with Crippen molar-refractivity contribution in [1.29, 1.82) is 0 Å². The second kappa shape index (κ2) is 6.96. The molecule has 136 valence electrons. The second-order valence-corrected chi connectivity index (χ2v) is 7.40. The summed E-state index contributed by atoms with van der Waals surface area (Å²) in [6.07, 6.45) is 0. The highest BCUT2D eigenvalue weighted by atomic mass is 32.2. The van der Waals surface area contributed by atoms with Crippen LogP contribution in [0.3, 0.4) is 0 Å². The van der Waals surface area contributed by atoms with Crippen molar-refractivity contribution in [1.82, 2.24) is 14.6 Å². The molecule has 2 N–H and O–H groups in total. The minimum Gasteiger partial charge on any atom is -0.479 e. The van der Waals surface area contributed by atoms with Gasteiger partial charge in [0, 0.05) is 10.5 Å². The summed E-state index contributed by atoms with van der Waals surface area (Å²) in [6, 6.07) is 18.3. The Bertz CT molecular complexity index is 1100. The number of anilines is 1. The van der Waals surface area contributed by atoms with Gasteiger partial charge in [0.15, 0.2) is 5.65 Å². The van der Waals surface area contributed by atoms with Crippen LogP contribution in [-0.4, -0.2) is 21.7 Å². The van der Waals surface area contributed by atoms with E-state index in [4.69, 9.17) is 15.5 Å². The maximum atomic E-state index is 6.38. The molecule has 27 heavy (non-hydrogen) atoms. The van der Waals surface area contributed by atoms with Crippen LogP contribution in [0.15, 0.2) is 64.4 Å². The molecular weight excluding hydrogens is 356 g/mol. The number of nitrogens with zero attached hydrogens (tertiary/aromatic N) is 3. The van der Waals surface area contributed by atoms with E-state index in [1.165, 1.54) is 5.56 Å². The van der Waals surface area contributed by atoms with Gasteiger partial charge in [0.05, 0.1) is 23.4 Å². The van der Waals surface area contributed by atoms with Crippen LogP contribution in [0.4, 0.5) is 5.69 Å². The predicted octanol–water partition coefficient (Wildman–Crippen LogP) is 4.76. The van der Waals surface area contributed by atoms with Gasteiger partial charge in [-0.05, 0) is 26.0 Å². The lowest BCUT2D eigenvalue weighted by molar-refractivity contribution is 0.388. The molecule has 0 spiro atoms.